The number of morpholine rings is 1. The number of fused-ring (bicyclic) bond motifs is 1. The third-order valence-corrected chi connectivity index (χ3v) is 5.86. The standard InChI is InChI=1S/C24H30N4O2/c1-4-23-25-20-10-6-8-12-22(20)28(23)18(2)24(29)26(3)17-19-9-5-7-11-21(19)27-13-15-30-16-14-27/h5-12,18H,4,13-17H2,1-3H3/t18-/m1/s1. The fourth-order valence-corrected chi connectivity index (χ4v) is 4.30. The van der Waals surface area contributed by atoms with E-state index in [-0.39, 0.29) is 11.9 Å². The third kappa shape index (κ3) is 3.92. The van der Waals surface area contributed by atoms with Gasteiger partial charge in [0.2, 0.25) is 5.91 Å². The van der Waals surface area contributed by atoms with Gasteiger partial charge in [0.05, 0.1) is 24.2 Å². The number of anilines is 1. The molecule has 158 valence electrons. The maximum atomic E-state index is 13.4. The second kappa shape index (κ2) is 8.88. The molecule has 1 saturated heterocycles. The summed E-state index contributed by atoms with van der Waals surface area (Å²) < 4.78 is 7.58. The van der Waals surface area contributed by atoms with Crippen LogP contribution < -0.4 is 4.90 Å². The Balaban J connectivity index is 1.57. The topological polar surface area (TPSA) is 50.6 Å². The van der Waals surface area contributed by atoms with Crippen molar-refractivity contribution >= 4 is 22.6 Å². The predicted octanol–water partition coefficient (Wildman–Crippen LogP) is 3.65. The Labute approximate surface area is 178 Å². The van der Waals surface area contributed by atoms with E-state index < -0.39 is 0 Å². The van der Waals surface area contributed by atoms with Gasteiger partial charge in [-0.3, -0.25) is 4.79 Å². The number of hydrogen-bond acceptors (Lipinski definition) is 4. The lowest BCUT2D eigenvalue weighted by Crippen LogP contribution is -2.38. The Bertz CT molecular complexity index is 1020. The van der Waals surface area contributed by atoms with Crippen LogP contribution in [-0.2, 0) is 22.5 Å². The van der Waals surface area contributed by atoms with E-state index >= 15 is 0 Å². The van der Waals surface area contributed by atoms with Gasteiger partial charge in [-0.1, -0.05) is 37.3 Å². The smallest absolute Gasteiger partial charge is 0.245 e. The van der Waals surface area contributed by atoms with Crippen LogP contribution in [0, 0.1) is 0 Å². The molecule has 1 fully saturated rings. The minimum Gasteiger partial charge on any atom is -0.378 e. The van der Waals surface area contributed by atoms with E-state index in [4.69, 9.17) is 9.72 Å². The van der Waals surface area contributed by atoms with Crippen LogP contribution in [0.15, 0.2) is 48.5 Å². The molecule has 2 aromatic carbocycles. The molecule has 1 atom stereocenters. The summed E-state index contributed by atoms with van der Waals surface area (Å²) in [6, 6.07) is 16.1. The molecule has 0 N–H and O–H groups in total. The van der Waals surface area contributed by atoms with Gasteiger partial charge in [-0.2, -0.15) is 0 Å². The first-order valence-corrected chi connectivity index (χ1v) is 10.7. The number of rotatable bonds is 6. The van der Waals surface area contributed by atoms with Crippen LogP contribution in [-0.4, -0.2) is 53.7 Å². The van der Waals surface area contributed by atoms with Crippen LogP contribution in [0.5, 0.6) is 0 Å². The predicted molar refractivity (Wildman–Crippen MR) is 120 cm³/mol. The molecule has 1 amide bonds. The van der Waals surface area contributed by atoms with Gasteiger partial charge in [-0.05, 0) is 30.7 Å². The molecule has 0 saturated carbocycles. The lowest BCUT2D eigenvalue weighted by molar-refractivity contribution is -0.133. The first kappa shape index (κ1) is 20.4. The number of amides is 1. The minimum absolute atomic E-state index is 0.0876. The normalized spacial score (nSPS) is 15.4. The lowest BCUT2D eigenvalue weighted by Gasteiger charge is -2.32. The van der Waals surface area contributed by atoms with E-state index in [0.717, 1.165) is 55.1 Å². The summed E-state index contributed by atoms with van der Waals surface area (Å²) >= 11 is 0. The molecule has 0 unspecified atom stereocenters. The number of aromatic nitrogens is 2. The average Bonchev–Trinajstić information content (AvgIpc) is 3.17. The van der Waals surface area contributed by atoms with E-state index in [2.05, 4.69) is 34.6 Å². The Hall–Kier alpha value is -2.86. The quantitative estimate of drug-likeness (QED) is 0.627. The van der Waals surface area contributed by atoms with Crippen molar-refractivity contribution in [3.8, 4) is 0 Å². The molecule has 0 spiro atoms. The molecule has 30 heavy (non-hydrogen) atoms. The van der Waals surface area contributed by atoms with Crippen molar-refractivity contribution in [3.63, 3.8) is 0 Å². The molecule has 4 rings (SSSR count). The maximum absolute atomic E-state index is 13.4. The highest BCUT2D eigenvalue weighted by Gasteiger charge is 2.24. The molecule has 0 aliphatic carbocycles. The van der Waals surface area contributed by atoms with Gasteiger partial charge < -0.3 is 19.1 Å². The zero-order chi connectivity index (χ0) is 21.1. The first-order chi connectivity index (χ1) is 14.6. The maximum Gasteiger partial charge on any atom is 0.245 e. The largest absolute Gasteiger partial charge is 0.378 e. The highest BCUT2D eigenvalue weighted by molar-refractivity contribution is 5.84. The van der Waals surface area contributed by atoms with E-state index in [0.29, 0.717) is 6.54 Å². The molecule has 0 bridgehead atoms. The minimum atomic E-state index is -0.312. The highest BCUT2D eigenvalue weighted by Crippen LogP contribution is 2.26. The van der Waals surface area contributed by atoms with E-state index in [1.165, 1.54) is 5.69 Å². The van der Waals surface area contributed by atoms with Crippen LogP contribution >= 0.6 is 0 Å². The molecule has 1 aliphatic rings. The number of benzene rings is 2. The Morgan fingerprint density at radius 2 is 1.83 bits per heavy atom. The van der Waals surface area contributed by atoms with Crippen LogP contribution in [0.25, 0.3) is 11.0 Å². The van der Waals surface area contributed by atoms with Gasteiger partial charge in [0.25, 0.3) is 0 Å². The summed E-state index contributed by atoms with van der Waals surface area (Å²) in [4.78, 5) is 22.3. The van der Waals surface area contributed by atoms with Gasteiger partial charge in [0.15, 0.2) is 0 Å². The fourth-order valence-electron chi connectivity index (χ4n) is 4.30. The molecular formula is C24H30N4O2. The summed E-state index contributed by atoms with van der Waals surface area (Å²) in [5.74, 6) is 1.03. The Morgan fingerprint density at radius 1 is 1.13 bits per heavy atom. The SMILES string of the molecule is CCc1nc2ccccc2n1[C@H](C)C(=O)N(C)Cc1ccccc1N1CCOCC1. The van der Waals surface area contributed by atoms with Crippen LogP contribution in [0.3, 0.4) is 0 Å². The van der Waals surface area contributed by atoms with Crippen molar-refractivity contribution in [1.29, 1.82) is 0 Å². The van der Waals surface area contributed by atoms with Crippen LogP contribution in [0.1, 0.15) is 31.3 Å². The molecule has 1 aliphatic heterocycles. The van der Waals surface area contributed by atoms with Gasteiger partial charge in [0.1, 0.15) is 11.9 Å². The highest BCUT2D eigenvalue weighted by atomic mass is 16.5. The summed E-state index contributed by atoms with van der Waals surface area (Å²) in [5, 5.41) is 0. The van der Waals surface area contributed by atoms with E-state index in [1.54, 1.807) is 0 Å². The first-order valence-electron chi connectivity index (χ1n) is 10.7. The molecule has 2 heterocycles. The van der Waals surface area contributed by atoms with Gasteiger partial charge >= 0.3 is 0 Å². The number of hydrogen-bond donors (Lipinski definition) is 0. The Morgan fingerprint density at radius 3 is 2.60 bits per heavy atom. The van der Waals surface area contributed by atoms with Crippen molar-refractivity contribution < 1.29 is 9.53 Å². The molecule has 0 radical (unpaired) electrons. The monoisotopic (exact) mass is 406 g/mol. The number of para-hydroxylation sites is 3. The van der Waals surface area contributed by atoms with Crippen molar-refractivity contribution in [2.24, 2.45) is 0 Å². The number of ether oxygens (including phenoxy) is 1. The van der Waals surface area contributed by atoms with Gasteiger partial charge in [0, 0.05) is 38.8 Å². The van der Waals surface area contributed by atoms with E-state index in [1.807, 2.05) is 49.2 Å². The van der Waals surface area contributed by atoms with Crippen molar-refractivity contribution in [3.05, 3.63) is 59.9 Å². The van der Waals surface area contributed by atoms with Gasteiger partial charge in [-0.15, -0.1) is 0 Å². The van der Waals surface area contributed by atoms with Gasteiger partial charge in [-0.25, -0.2) is 4.98 Å². The zero-order valence-corrected chi connectivity index (χ0v) is 18.0. The van der Waals surface area contributed by atoms with Crippen molar-refractivity contribution in [2.75, 3.05) is 38.3 Å². The number of aryl methyl sites for hydroxylation is 1. The van der Waals surface area contributed by atoms with E-state index in [9.17, 15) is 4.79 Å². The summed E-state index contributed by atoms with van der Waals surface area (Å²) in [6.07, 6.45) is 0.788. The summed E-state index contributed by atoms with van der Waals surface area (Å²) in [5.41, 5.74) is 4.30. The van der Waals surface area contributed by atoms with Crippen LogP contribution in [0.4, 0.5) is 5.69 Å². The third-order valence-electron chi connectivity index (χ3n) is 5.86. The molecule has 6 nitrogen and oxygen atoms in total. The molecule has 1 aromatic heterocycles. The second-order valence-electron chi connectivity index (χ2n) is 7.84. The molecule has 3 aromatic rings. The van der Waals surface area contributed by atoms with Crippen molar-refractivity contribution in [1.82, 2.24) is 14.5 Å². The molecular weight excluding hydrogens is 376 g/mol. The zero-order valence-electron chi connectivity index (χ0n) is 18.0. The Kier molecular flexibility index (Phi) is 6.04. The fraction of sp³-hybridized carbons (Fsp3) is 0.417. The number of carbonyl (C=O) groups is 1. The number of imidazole rings is 1. The summed E-state index contributed by atoms with van der Waals surface area (Å²) in [7, 11) is 1.89. The number of carbonyl (C=O) groups excluding carboxylic acids is 1. The number of nitrogens with zero attached hydrogens (tertiary/aromatic N) is 4. The lowest BCUT2D eigenvalue weighted by atomic mass is 10.1. The molecule has 6 heteroatoms. The van der Waals surface area contributed by atoms with Crippen LogP contribution in [0.2, 0.25) is 0 Å². The second-order valence-corrected chi connectivity index (χ2v) is 7.84. The number of likely N-dealkylation sites (N-methyl/N-ethyl adjacent to an activating group) is 1. The average molecular weight is 407 g/mol. The van der Waals surface area contributed by atoms with Crippen molar-refractivity contribution in [2.45, 2.75) is 32.9 Å². The summed E-state index contributed by atoms with van der Waals surface area (Å²) in [6.45, 7) is 7.88.